The van der Waals surface area contributed by atoms with E-state index in [1.807, 2.05) is 0 Å². The summed E-state index contributed by atoms with van der Waals surface area (Å²) < 4.78 is 51.9. The molecule has 0 saturated carbocycles. The van der Waals surface area contributed by atoms with Crippen LogP contribution in [0.3, 0.4) is 0 Å². The Labute approximate surface area is 73.2 Å². The van der Waals surface area contributed by atoms with Gasteiger partial charge in [0.15, 0.2) is 11.6 Å². The molecule has 1 aromatic rings. The predicted octanol–water partition coefficient (Wildman–Crippen LogP) is 1.99. The van der Waals surface area contributed by atoms with Crippen LogP contribution in [0.15, 0.2) is 16.8 Å². The van der Waals surface area contributed by atoms with E-state index in [0.717, 1.165) is 0 Å². The minimum absolute atomic E-state index is 0.359. The fourth-order valence-electron chi connectivity index (χ4n) is 0.396. The highest BCUT2D eigenvalue weighted by molar-refractivity contribution is 9.10. The summed E-state index contributed by atoms with van der Waals surface area (Å²) in [6, 6.07) is -0.702. The van der Waals surface area contributed by atoms with E-state index in [1.165, 1.54) is 0 Å². The first-order valence-corrected chi connectivity index (χ1v) is 3.03. The molecule has 0 fully saturated rings. The van der Waals surface area contributed by atoms with Crippen molar-refractivity contribution in [1.29, 1.82) is 0 Å². The van der Waals surface area contributed by atoms with Gasteiger partial charge in [0.2, 0.25) is 0 Å². The van der Waals surface area contributed by atoms with Gasteiger partial charge in [0.1, 0.15) is 4.60 Å². The van der Waals surface area contributed by atoms with Crippen LogP contribution in [-0.2, 0) is 0 Å². The highest BCUT2D eigenvalue weighted by Crippen LogP contribution is 2.21. The number of aromatic nitrogens is 1. The number of nitrogens with zero attached hydrogens (tertiary/aromatic N) is 1. The predicted molar refractivity (Wildman–Crippen MR) is 38.4 cm³/mol. The van der Waals surface area contributed by atoms with Crippen LogP contribution in [0.1, 0.15) is 6.85 Å². The zero-order valence-corrected chi connectivity index (χ0v) is 6.20. The van der Waals surface area contributed by atoms with Gasteiger partial charge in [-0.05, 0) is 15.9 Å². The topological polar surface area (TPSA) is 22.1 Å². The Morgan fingerprint density at radius 2 is 2.80 bits per heavy atom. The molecule has 0 unspecified atom stereocenters. The maximum absolute atomic E-state index is 13.3. The monoisotopic (exact) mass is 210 g/mol. The average Bonchev–Trinajstić information content (AvgIpc) is 2.08. The molecule has 4 heteroatoms. The first kappa shape index (κ1) is 3.17. The molecule has 2 nitrogen and oxygen atoms in total. The van der Waals surface area contributed by atoms with E-state index in [1.54, 1.807) is 0 Å². The number of rotatable bonds is 1. The number of hydrogen-bond donors (Lipinski definition) is 0. The zero-order valence-electron chi connectivity index (χ0n) is 9.61. The minimum atomic E-state index is -2.87. The van der Waals surface area contributed by atoms with E-state index in [0.29, 0.717) is 0 Å². The summed E-state index contributed by atoms with van der Waals surface area (Å²) in [4.78, 5) is 3.32. The molecule has 1 rings (SSSR count). The van der Waals surface area contributed by atoms with Crippen LogP contribution in [0.5, 0.6) is 5.75 Å². The summed E-state index contributed by atoms with van der Waals surface area (Å²) in [5.74, 6) is -1.91. The van der Waals surface area contributed by atoms with Crippen LogP contribution >= 0.6 is 15.9 Å². The van der Waals surface area contributed by atoms with Crippen molar-refractivity contribution in [3.63, 3.8) is 0 Å². The molecule has 0 aromatic carbocycles. The number of pyridine rings is 1. The lowest BCUT2D eigenvalue weighted by Crippen LogP contribution is -1.89. The highest BCUT2D eigenvalue weighted by Gasteiger charge is 2.05. The normalized spacial score (nSPS) is 18.0. The molecular formula is C6H5BrFNO. The average molecular weight is 211 g/mol. The zero-order chi connectivity index (χ0) is 11.8. The SMILES string of the molecule is [2H]c1nc(Br)c(F)c(OC([2H])([2H])[2H])c1[2H]. The molecule has 10 heavy (non-hydrogen) atoms. The molecular weight excluding hydrogens is 201 g/mol. The van der Waals surface area contributed by atoms with Gasteiger partial charge in [0.05, 0.1) is 13.9 Å². The Morgan fingerprint density at radius 1 is 2.00 bits per heavy atom. The molecule has 1 heterocycles. The van der Waals surface area contributed by atoms with E-state index in [2.05, 4.69) is 25.7 Å². The van der Waals surface area contributed by atoms with Crippen molar-refractivity contribution in [2.24, 2.45) is 0 Å². The van der Waals surface area contributed by atoms with Crippen LogP contribution < -0.4 is 4.74 Å². The quantitative estimate of drug-likeness (QED) is 0.662. The lowest BCUT2D eigenvalue weighted by molar-refractivity contribution is 0.383. The molecule has 0 N–H and O–H groups in total. The third-order valence-electron chi connectivity index (χ3n) is 0.806. The fraction of sp³-hybridized carbons (Fsp3) is 0.167. The number of methoxy groups -OCH3 is 1. The smallest absolute Gasteiger partial charge is 0.197 e. The summed E-state index contributed by atoms with van der Waals surface area (Å²) in [5.41, 5.74) is 0. The van der Waals surface area contributed by atoms with Gasteiger partial charge in [-0.3, -0.25) is 0 Å². The molecule has 0 amide bonds. The molecule has 0 aliphatic rings. The van der Waals surface area contributed by atoms with Gasteiger partial charge < -0.3 is 4.74 Å². The third kappa shape index (κ3) is 1.26. The van der Waals surface area contributed by atoms with Crippen molar-refractivity contribution in [2.75, 3.05) is 7.04 Å². The Kier molecular flexibility index (Phi) is 0.940. The van der Waals surface area contributed by atoms with Crippen molar-refractivity contribution in [3.05, 3.63) is 22.6 Å². The van der Waals surface area contributed by atoms with Crippen LogP contribution in [0, 0.1) is 5.82 Å². The second-order valence-corrected chi connectivity index (χ2v) is 2.14. The standard InChI is InChI=1S/C6H5BrFNO/c1-10-4-2-3-9-6(7)5(4)8/h2-3H,1H3/i1D3,2D,3D. The van der Waals surface area contributed by atoms with Crippen LogP contribution in [0.25, 0.3) is 0 Å². The van der Waals surface area contributed by atoms with Crippen molar-refractivity contribution in [2.45, 2.75) is 0 Å². The van der Waals surface area contributed by atoms with E-state index in [-0.39, 0.29) is 4.60 Å². The lowest BCUT2D eigenvalue weighted by atomic mass is 10.4. The number of halogens is 2. The van der Waals surface area contributed by atoms with Crippen LogP contribution in [0.2, 0.25) is 0 Å². The molecule has 0 aliphatic heterocycles. The molecule has 0 bridgehead atoms. The van der Waals surface area contributed by atoms with Crippen LogP contribution in [0.4, 0.5) is 4.39 Å². The van der Waals surface area contributed by atoms with E-state index >= 15 is 0 Å². The van der Waals surface area contributed by atoms with Gasteiger partial charge in [-0.2, -0.15) is 4.39 Å². The largest absolute Gasteiger partial charge is 0.494 e. The minimum Gasteiger partial charge on any atom is -0.494 e. The molecule has 0 radical (unpaired) electrons. The van der Waals surface area contributed by atoms with Crippen molar-refractivity contribution < 1.29 is 16.0 Å². The van der Waals surface area contributed by atoms with Gasteiger partial charge in [-0.1, -0.05) is 0 Å². The molecule has 0 aliphatic carbocycles. The van der Waals surface area contributed by atoms with Gasteiger partial charge >= 0.3 is 0 Å². The lowest BCUT2D eigenvalue weighted by Gasteiger charge is -1.99. The van der Waals surface area contributed by atoms with E-state index in [4.69, 9.17) is 6.85 Å². The first-order chi connectivity index (χ1) is 6.72. The molecule has 0 saturated heterocycles. The Bertz CT molecular complexity index is 370. The summed E-state index contributed by atoms with van der Waals surface area (Å²) in [5, 5.41) is 0. The Balaban J connectivity index is 3.27. The molecule has 0 atom stereocenters. The first-order valence-electron chi connectivity index (χ1n) is 4.73. The summed E-state index contributed by atoms with van der Waals surface area (Å²) >= 11 is 2.69. The van der Waals surface area contributed by atoms with Crippen molar-refractivity contribution in [3.8, 4) is 5.75 Å². The van der Waals surface area contributed by atoms with Gasteiger partial charge in [0.25, 0.3) is 0 Å². The summed E-state index contributed by atoms with van der Waals surface area (Å²) in [6.07, 6.45) is -0.567. The van der Waals surface area contributed by atoms with Gasteiger partial charge in [0, 0.05) is 12.2 Å². The third-order valence-corrected chi connectivity index (χ3v) is 1.33. The van der Waals surface area contributed by atoms with Crippen LogP contribution in [-0.4, -0.2) is 12.0 Å². The maximum atomic E-state index is 13.3. The second kappa shape index (κ2) is 2.96. The summed E-state index contributed by atoms with van der Waals surface area (Å²) in [6.45, 7) is 0. The molecule has 54 valence electrons. The maximum Gasteiger partial charge on any atom is 0.197 e. The second-order valence-electron chi connectivity index (χ2n) is 1.38. The Hall–Kier alpha value is -0.640. The molecule has 0 spiro atoms. The molecule has 1 aromatic heterocycles. The fourth-order valence-corrected chi connectivity index (χ4v) is 0.664. The number of ether oxygens (including phenoxy) is 1. The number of hydrogen-bond acceptors (Lipinski definition) is 2. The summed E-state index contributed by atoms with van der Waals surface area (Å²) in [7, 11) is -2.87. The van der Waals surface area contributed by atoms with E-state index < -0.39 is 30.8 Å². The Morgan fingerprint density at radius 3 is 3.50 bits per heavy atom. The van der Waals surface area contributed by atoms with Crippen molar-refractivity contribution >= 4 is 15.9 Å². The van der Waals surface area contributed by atoms with E-state index in [9.17, 15) is 4.39 Å². The van der Waals surface area contributed by atoms with Crippen molar-refractivity contribution in [1.82, 2.24) is 4.98 Å². The van der Waals surface area contributed by atoms with Gasteiger partial charge in [-0.25, -0.2) is 4.98 Å². The highest BCUT2D eigenvalue weighted by atomic mass is 79.9. The van der Waals surface area contributed by atoms with Gasteiger partial charge in [-0.15, -0.1) is 0 Å².